The Hall–Kier alpha value is -1.92. The third-order valence-electron chi connectivity index (χ3n) is 3.60. The van der Waals surface area contributed by atoms with Crippen LogP contribution in [0.4, 0.5) is 5.95 Å². The van der Waals surface area contributed by atoms with Gasteiger partial charge in [0, 0.05) is 5.92 Å². The monoisotopic (exact) mass is 265 g/mol. The largest absolute Gasteiger partial charge is 0.368 e. The third kappa shape index (κ3) is 3.52. The van der Waals surface area contributed by atoms with Crippen molar-refractivity contribution in [1.82, 2.24) is 20.5 Å². The van der Waals surface area contributed by atoms with Crippen LogP contribution in [0.2, 0.25) is 0 Å². The first-order valence-corrected chi connectivity index (χ1v) is 6.55. The van der Waals surface area contributed by atoms with Gasteiger partial charge in [-0.2, -0.15) is 0 Å². The van der Waals surface area contributed by atoms with E-state index in [2.05, 4.69) is 27.4 Å². The second-order valence-electron chi connectivity index (χ2n) is 5.16. The number of amides is 1. The molecule has 19 heavy (non-hydrogen) atoms. The number of carbonyl (C=O) groups is 1. The first-order valence-electron chi connectivity index (χ1n) is 6.55. The van der Waals surface area contributed by atoms with E-state index < -0.39 is 5.56 Å². The van der Waals surface area contributed by atoms with Crippen molar-refractivity contribution in [2.24, 2.45) is 11.8 Å². The Balaban J connectivity index is 1.88. The highest BCUT2D eigenvalue weighted by molar-refractivity contribution is 5.78. The molecule has 7 nitrogen and oxygen atoms in total. The third-order valence-corrected chi connectivity index (χ3v) is 3.60. The molecular weight excluding hydrogens is 246 g/mol. The average molecular weight is 265 g/mol. The zero-order valence-electron chi connectivity index (χ0n) is 11.0. The van der Waals surface area contributed by atoms with Crippen molar-refractivity contribution in [3.05, 3.63) is 16.0 Å². The van der Waals surface area contributed by atoms with E-state index in [1.54, 1.807) is 0 Å². The van der Waals surface area contributed by atoms with Gasteiger partial charge in [0.25, 0.3) is 5.56 Å². The van der Waals surface area contributed by atoms with E-state index in [1.165, 1.54) is 0 Å². The fourth-order valence-corrected chi connectivity index (χ4v) is 2.33. The molecule has 0 atom stereocenters. The number of nitrogens with two attached hydrogens (primary N) is 1. The normalized spacial score (nSPS) is 23.0. The van der Waals surface area contributed by atoms with Crippen molar-refractivity contribution in [3.8, 4) is 0 Å². The van der Waals surface area contributed by atoms with Crippen molar-refractivity contribution in [3.63, 3.8) is 0 Å². The molecule has 1 aliphatic carbocycles. The lowest BCUT2D eigenvalue weighted by atomic mass is 9.82. The van der Waals surface area contributed by atoms with Crippen molar-refractivity contribution in [2.45, 2.75) is 39.2 Å². The summed E-state index contributed by atoms with van der Waals surface area (Å²) in [6, 6.07) is 0. The van der Waals surface area contributed by atoms with Crippen LogP contribution in [0.3, 0.4) is 0 Å². The molecule has 1 aromatic rings. The average Bonchev–Trinajstić information content (AvgIpc) is 2.38. The number of carbonyl (C=O) groups excluding carboxylic acids is 1. The Morgan fingerprint density at radius 1 is 1.37 bits per heavy atom. The fraction of sp³-hybridized carbons (Fsp3) is 0.667. The van der Waals surface area contributed by atoms with Gasteiger partial charge in [-0.3, -0.25) is 14.6 Å². The molecule has 0 saturated heterocycles. The molecule has 1 aromatic heterocycles. The second kappa shape index (κ2) is 5.81. The lowest BCUT2D eigenvalue weighted by molar-refractivity contribution is -0.126. The maximum absolute atomic E-state index is 12.0. The van der Waals surface area contributed by atoms with Crippen LogP contribution in [-0.2, 0) is 11.3 Å². The fourth-order valence-electron chi connectivity index (χ4n) is 2.33. The number of rotatable bonds is 3. The van der Waals surface area contributed by atoms with E-state index in [1.807, 2.05) is 0 Å². The summed E-state index contributed by atoms with van der Waals surface area (Å²) >= 11 is 0. The summed E-state index contributed by atoms with van der Waals surface area (Å²) in [6.07, 6.45) is 3.99. The minimum atomic E-state index is -0.412. The molecule has 1 heterocycles. The standard InChI is InChI=1S/C12H19N5O2/c1-7-2-4-8(5-3-7)10(18)14-6-9-11(19)15-12(13)17-16-9/h7-8H,2-6H2,1H3,(H,14,18)(H3,13,15,17,19). The number of nitrogen functional groups attached to an aromatic ring is 1. The minimum Gasteiger partial charge on any atom is -0.368 e. The number of anilines is 1. The Kier molecular flexibility index (Phi) is 4.13. The van der Waals surface area contributed by atoms with Gasteiger partial charge in [-0.05, 0) is 31.6 Å². The summed E-state index contributed by atoms with van der Waals surface area (Å²) in [5, 5.41) is 9.98. The topological polar surface area (TPSA) is 114 Å². The van der Waals surface area contributed by atoms with Gasteiger partial charge >= 0.3 is 0 Å². The Morgan fingerprint density at radius 3 is 2.68 bits per heavy atom. The van der Waals surface area contributed by atoms with Crippen molar-refractivity contribution in [2.75, 3.05) is 5.73 Å². The first kappa shape index (κ1) is 13.5. The molecule has 1 fully saturated rings. The zero-order valence-corrected chi connectivity index (χ0v) is 11.0. The van der Waals surface area contributed by atoms with Crippen molar-refractivity contribution in [1.29, 1.82) is 0 Å². The van der Waals surface area contributed by atoms with Crippen LogP contribution in [0.25, 0.3) is 0 Å². The van der Waals surface area contributed by atoms with Gasteiger partial charge in [0.2, 0.25) is 11.9 Å². The maximum Gasteiger partial charge on any atom is 0.276 e. The summed E-state index contributed by atoms with van der Waals surface area (Å²) < 4.78 is 0. The van der Waals surface area contributed by atoms with E-state index >= 15 is 0 Å². The second-order valence-corrected chi connectivity index (χ2v) is 5.16. The number of nitrogens with one attached hydrogen (secondary N) is 2. The highest BCUT2D eigenvalue weighted by Crippen LogP contribution is 2.28. The summed E-state index contributed by atoms with van der Waals surface area (Å²) in [6.45, 7) is 2.30. The molecule has 1 amide bonds. The van der Waals surface area contributed by atoms with Crippen LogP contribution in [0, 0.1) is 11.8 Å². The van der Waals surface area contributed by atoms with Gasteiger partial charge in [0.1, 0.15) is 5.69 Å². The SMILES string of the molecule is CC1CCC(C(=O)NCc2nnc(N)[nH]c2=O)CC1. The Labute approximate surface area is 111 Å². The number of H-pyrrole nitrogens is 1. The minimum absolute atomic E-state index is 0.00933. The highest BCUT2D eigenvalue weighted by atomic mass is 16.2. The summed E-state index contributed by atoms with van der Waals surface area (Å²) in [5.74, 6) is 0.721. The number of aromatic amines is 1. The van der Waals surface area contributed by atoms with Gasteiger partial charge in [-0.25, -0.2) is 0 Å². The Bertz CT molecular complexity index is 505. The van der Waals surface area contributed by atoms with Gasteiger partial charge < -0.3 is 11.1 Å². The highest BCUT2D eigenvalue weighted by Gasteiger charge is 2.24. The number of nitrogens with zero attached hydrogens (tertiary/aromatic N) is 2. The van der Waals surface area contributed by atoms with Gasteiger partial charge in [0.05, 0.1) is 6.54 Å². The quantitative estimate of drug-likeness (QED) is 0.722. The predicted molar refractivity (Wildman–Crippen MR) is 70.0 cm³/mol. The van der Waals surface area contributed by atoms with Crippen molar-refractivity contribution >= 4 is 11.9 Å². The van der Waals surface area contributed by atoms with Crippen LogP contribution in [-0.4, -0.2) is 21.1 Å². The van der Waals surface area contributed by atoms with E-state index in [0.717, 1.165) is 25.7 Å². The number of hydrogen-bond donors (Lipinski definition) is 3. The first-order chi connectivity index (χ1) is 9.06. The van der Waals surface area contributed by atoms with E-state index in [0.29, 0.717) is 5.92 Å². The van der Waals surface area contributed by atoms with Gasteiger partial charge in [-0.15, -0.1) is 10.2 Å². The van der Waals surface area contributed by atoms with Crippen LogP contribution in [0.5, 0.6) is 0 Å². The summed E-state index contributed by atoms with van der Waals surface area (Å²) in [7, 11) is 0. The van der Waals surface area contributed by atoms with Gasteiger partial charge in [-0.1, -0.05) is 6.92 Å². The molecule has 104 valence electrons. The van der Waals surface area contributed by atoms with Gasteiger partial charge in [0.15, 0.2) is 0 Å². The molecule has 0 radical (unpaired) electrons. The van der Waals surface area contributed by atoms with Crippen LogP contribution >= 0.6 is 0 Å². The maximum atomic E-state index is 12.0. The lowest BCUT2D eigenvalue weighted by Crippen LogP contribution is -2.34. The molecular formula is C12H19N5O2. The van der Waals surface area contributed by atoms with E-state index in [9.17, 15) is 9.59 Å². The molecule has 0 aliphatic heterocycles. The lowest BCUT2D eigenvalue weighted by Gasteiger charge is -2.25. The smallest absolute Gasteiger partial charge is 0.276 e. The molecule has 7 heteroatoms. The molecule has 0 spiro atoms. The number of aromatic nitrogens is 3. The van der Waals surface area contributed by atoms with E-state index in [4.69, 9.17) is 5.73 Å². The van der Waals surface area contributed by atoms with E-state index in [-0.39, 0.29) is 30.0 Å². The van der Waals surface area contributed by atoms with Crippen LogP contribution in [0.15, 0.2) is 4.79 Å². The summed E-state index contributed by atoms with van der Waals surface area (Å²) in [4.78, 5) is 25.8. The van der Waals surface area contributed by atoms with Crippen molar-refractivity contribution < 1.29 is 4.79 Å². The predicted octanol–water partition coefficient (Wildman–Crippen LogP) is 0.190. The molecule has 4 N–H and O–H groups in total. The number of hydrogen-bond acceptors (Lipinski definition) is 5. The zero-order chi connectivity index (χ0) is 13.8. The molecule has 1 aliphatic rings. The molecule has 1 saturated carbocycles. The molecule has 0 bridgehead atoms. The van der Waals surface area contributed by atoms with Crippen LogP contribution in [0.1, 0.15) is 38.3 Å². The molecule has 0 aromatic carbocycles. The van der Waals surface area contributed by atoms with Crippen LogP contribution < -0.4 is 16.6 Å². The molecule has 2 rings (SSSR count). The molecule has 0 unspecified atom stereocenters. The Morgan fingerprint density at radius 2 is 2.05 bits per heavy atom. The summed E-state index contributed by atoms with van der Waals surface area (Å²) in [5.41, 5.74) is 5.06.